The van der Waals surface area contributed by atoms with Gasteiger partial charge in [-0.2, -0.15) is 0 Å². The first kappa shape index (κ1) is 14.2. The summed E-state index contributed by atoms with van der Waals surface area (Å²) in [5.41, 5.74) is 0.383. The van der Waals surface area contributed by atoms with E-state index in [1.54, 1.807) is 6.07 Å². The fourth-order valence-electron chi connectivity index (χ4n) is 3.04. The third-order valence-corrected chi connectivity index (χ3v) is 4.22. The first-order chi connectivity index (χ1) is 10.3. The zero-order valence-corrected chi connectivity index (χ0v) is 12.3. The molecule has 1 atom stereocenters. The van der Waals surface area contributed by atoms with E-state index in [1.807, 2.05) is 6.07 Å². The molecule has 1 N–H and O–H groups in total. The number of halogens is 1. The number of para-hydroxylation sites is 1. The van der Waals surface area contributed by atoms with Crippen LogP contribution in [-0.4, -0.2) is 41.0 Å². The highest BCUT2D eigenvalue weighted by Crippen LogP contribution is 2.22. The van der Waals surface area contributed by atoms with Crippen LogP contribution < -0.4 is 5.32 Å². The van der Waals surface area contributed by atoms with Gasteiger partial charge in [-0.25, -0.2) is 14.4 Å². The lowest BCUT2D eigenvalue weighted by Crippen LogP contribution is -2.37. The van der Waals surface area contributed by atoms with Crippen molar-refractivity contribution in [2.45, 2.75) is 19.8 Å². The minimum absolute atomic E-state index is 0.298. The van der Waals surface area contributed by atoms with Crippen molar-refractivity contribution >= 4 is 16.7 Å². The van der Waals surface area contributed by atoms with Gasteiger partial charge in [0, 0.05) is 18.5 Å². The lowest BCUT2D eigenvalue weighted by molar-refractivity contribution is 0.189. The van der Waals surface area contributed by atoms with Crippen molar-refractivity contribution < 1.29 is 4.39 Å². The lowest BCUT2D eigenvalue weighted by atomic mass is 9.98. The number of hydrogen-bond donors (Lipinski definition) is 1. The molecule has 1 aromatic heterocycles. The van der Waals surface area contributed by atoms with E-state index >= 15 is 0 Å². The Labute approximate surface area is 124 Å². The van der Waals surface area contributed by atoms with Crippen LogP contribution in [0.4, 0.5) is 10.2 Å². The molecule has 1 aliphatic rings. The van der Waals surface area contributed by atoms with Crippen LogP contribution in [0.15, 0.2) is 24.5 Å². The highest BCUT2D eigenvalue weighted by molar-refractivity contribution is 5.89. The molecule has 0 amide bonds. The molecule has 0 radical (unpaired) electrons. The Kier molecular flexibility index (Phi) is 4.29. The van der Waals surface area contributed by atoms with Crippen LogP contribution in [0.3, 0.4) is 0 Å². The zero-order valence-electron chi connectivity index (χ0n) is 12.3. The Morgan fingerprint density at radius 2 is 2.29 bits per heavy atom. The number of nitrogens with zero attached hydrogens (tertiary/aromatic N) is 3. The van der Waals surface area contributed by atoms with Crippen molar-refractivity contribution in [2.24, 2.45) is 5.92 Å². The van der Waals surface area contributed by atoms with Gasteiger partial charge >= 0.3 is 0 Å². The van der Waals surface area contributed by atoms with Crippen molar-refractivity contribution in [2.75, 3.05) is 31.5 Å². The molecular weight excluding hydrogens is 267 g/mol. The number of aromatic nitrogens is 2. The van der Waals surface area contributed by atoms with Gasteiger partial charge in [0.1, 0.15) is 23.5 Å². The summed E-state index contributed by atoms with van der Waals surface area (Å²) < 4.78 is 13.7. The highest BCUT2D eigenvalue weighted by atomic mass is 19.1. The third kappa shape index (κ3) is 3.13. The maximum Gasteiger partial charge on any atom is 0.149 e. The smallest absolute Gasteiger partial charge is 0.149 e. The highest BCUT2D eigenvalue weighted by Gasteiger charge is 2.19. The molecular formula is C16H21FN4. The van der Waals surface area contributed by atoms with Crippen molar-refractivity contribution in [3.63, 3.8) is 0 Å². The summed E-state index contributed by atoms with van der Waals surface area (Å²) in [7, 11) is 0. The number of likely N-dealkylation sites (tertiary alicyclic amines) is 1. The van der Waals surface area contributed by atoms with E-state index in [4.69, 9.17) is 0 Å². The topological polar surface area (TPSA) is 41.0 Å². The Morgan fingerprint density at radius 3 is 3.14 bits per heavy atom. The second-order valence-corrected chi connectivity index (χ2v) is 5.64. The van der Waals surface area contributed by atoms with Crippen molar-refractivity contribution in [1.82, 2.24) is 14.9 Å². The predicted octanol–water partition coefficient (Wildman–Crippen LogP) is 2.91. The minimum Gasteiger partial charge on any atom is -0.369 e. The average molecular weight is 288 g/mol. The summed E-state index contributed by atoms with van der Waals surface area (Å²) >= 11 is 0. The largest absolute Gasteiger partial charge is 0.369 e. The summed E-state index contributed by atoms with van der Waals surface area (Å²) in [6, 6.07) is 4.99. The monoisotopic (exact) mass is 288 g/mol. The van der Waals surface area contributed by atoms with Gasteiger partial charge in [-0.3, -0.25) is 0 Å². The minimum atomic E-state index is -0.298. The Balaban J connectivity index is 1.72. The van der Waals surface area contributed by atoms with Crippen LogP contribution in [-0.2, 0) is 0 Å². The van der Waals surface area contributed by atoms with Gasteiger partial charge in [-0.1, -0.05) is 13.0 Å². The Hall–Kier alpha value is -1.75. The van der Waals surface area contributed by atoms with E-state index in [1.165, 1.54) is 31.8 Å². The molecule has 0 saturated carbocycles. The SMILES string of the molecule is CCN1CCCC(CNc2ncnc3c(F)cccc23)C1. The van der Waals surface area contributed by atoms with Crippen molar-refractivity contribution in [3.8, 4) is 0 Å². The molecule has 4 nitrogen and oxygen atoms in total. The van der Waals surface area contributed by atoms with Crippen molar-refractivity contribution in [1.29, 1.82) is 0 Å². The number of fused-ring (bicyclic) bond motifs is 1. The van der Waals surface area contributed by atoms with Crippen LogP contribution in [0.5, 0.6) is 0 Å². The Morgan fingerprint density at radius 1 is 1.38 bits per heavy atom. The fraction of sp³-hybridized carbons (Fsp3) is 0.500. The van der Waals surface area contributed by atoms with Crippen LogP contribution in [0.1, 0.15) is 19.8 Å². The van der Waals surface area contributed by atoms with E-state index in [0.29, 0.717) is 11.4 Å². The summed E-state index contributed by atoms with van der Waals surface area (Å²) in [6.45, 7) is 6.52. The molecule has 1 aromatic carbocycles. The third-order valence-electron chi connectivity index (χ3n) is 4.22. The molecule has 21 heavy (non-hydrogen) atoms. The summed E-state index contributed by atoms with van der Waals surface area (Å²) in [4.78, 5) is 10.8. The number of nitrogens with one attached hydrogen (secondary N) is 1. The second kappa shape index (κ2) is 6.35. The van der Waals surface area contributed by atoms with Crippen LogP contribution in [0, 0.1) is 11.7 Å². The van der Waals surface area contributed by atoms with Crippen LogP contribution >= 0.6 is 0 Å². The summed E-state index contributed by atoms with van der Waals surface area (Å²) in [6.07, 6.45) is 3.91. The van der Waals surface area contributed by atoms with E-state index in [2.05, 4.69) is 27.1 Å². The maximum absolute atomic E-state index is 13.7. The van der Waals surface area contributed by atoms with Crippen LogP contribution in [0.2, 0.25) is 0 Å². The second-order valence-electron chi connectivity index (χ2n) is 5.64. The van der Waals surface area contributed by atoms with Gasteiger partial charge in [0.25, 0.3) is 0 Å². The number of hydrogen-bond acceptors (Lipinski definition) is 4. The molecule has 0 aliphatic carbocycles. The molecule has 2 heterocycles. The van der Waals surface area contributed by atoms with E-state index in [9.17, 15) is 4.39 Å². The average Bonchev–Trinajstić information content (AvgIpc) is 2.53. The van der Waals surface area contributed by atoms with E-state index < -0.39 is 0 Å². The number of benzene rings is 1. The van der Waals surface area contributed by atoms with Gasteiger partial charge in [0.05, 0.1) is 0 Å². The van der Waals surface area contributed by atoms with Gasteiger partial charge in [-0.15, -0.1) is 0 Å². The van der Waals surface area contributed by atoms with Gasteiger partial charge in [-0.05, 0) is 44.0 Å². The molecule has 1 unspecified atom stereocenters. The van der Waals surface area contributed by atoms with Gasteiger partial charge < -0.3 is 10.2 Å². The molecule has 1 aliphatic heterocycles. The zero-order chi connectivity index (χ0) is 14.7. The van der Waals surface area contributed by atoms with E-state index in [0.717, 1.165) is 30.8 Å². The number of piperidine rings is 1. The molecule has 3 rings (SSSR count). The number of rotatable bonds is 4. The molecule has 112 valence electrons. The molecule has 0 bridgehead atoms. The molecule has 5 heteroatoms. The van der Waals surface area contributed by atoms with E-state index in [-0.39, 0.29) is 5.82 Å². The molecule has 1 fully saturated rings. The van der Waals surface area contributed by atoms with Crippen molar-refractivity contribution in [3.05, 3.63) is 30.3 Å². The Bertz CT molecular complexity index is 616. The number of anilines is 1. The lowest BCUT2D eigenvalue weighted by Gasteiger charge is -2.32. The summed E-state index contributed by atoms with van der Waals surface area (Å²) in [5.74, 6) is 1.05. The van der Waals surface area contributed by atoms with Gasteiger partial charge in [0.15, 0.2) is 0 Å². The van der Waals surface area contributed by atoms with Gasteiger partial charge in [0.2, 0.25) is 0 Å². The summed E-state index contributed by atoms with van der Waals surface area (Å²) in [5, 5.41) is 4.14. The molecule has 1 saturated heterocycles. The quantitative estimate of drug-likeness (QED) is 0.939. The normalized spacial score (nSPS) is 19.8. The molecule has 2 aromatic rings. The maximum atomic E-state index is 13.7. The molecule has 0 spiro atoms. The predicted molar refractivity (Wildman–Crippen MR) is 82.8 cm³/mol. The standard InChI is InChI=1S/C16H21FN4/c1-2-21-8-4-5-12(10-21)9-18-16-13-6-3-7-14(17)15(13)19-11-20-16/h3,6-7,11-12H,2,4-5,8-10H2,1H3,(H,18,19,20). The fourth-order valence-corrected chi connectivity index (χ4v) is 3.04. The van der Waals surface area contributed by atoms with Crippen LogP contribution in [0.25, 0.3) is 10.9 Å². The first-order valence-electron chi connectivity index (χ1n) is 7.63. The first-order valence-corrected chi connectivity index (χ1v) is 7.63.